The summed E-state index contributed by atoms with van der Waals surface area (Å²) in [6.07, 6.45) is 6.32. The summed E-state index contributed by atoms with van der Waals surface area (Å²) in [4.78, 5) is 22.1. The van der Waals surface area contributed by atoms with Gasteiger partial charge < -0.3 is 20.5 Å². The van der Waals surface area contributed by atoms with Gasteiger partial charge in [0.25, 0.3) is 0 Å². The highest BCUT2D eigenvalue weighted by Crippen LogP contribution is 2.17. The third-order valence-electron chi connectivity index (χ3n) is 5.57. The molecule has 1 heterocycles. The lowest BCUT2D eigenvalue weighted by molar-refractivity contribution is -0.131. The van der Waals surface area contributed by atoms with Crippen molar-refractivity contribution in [1.29, 1.82) is 0 Å². The number of ketones is 1. The Morgan fingerprint density at radius 3 is 2.34 bits per heavy atom. The Morgan fingerprint density at radius 2 is 1.81 bits per heavy atom. The van der Waals surface area contributed by atoms with E-state index in [4.69, 9.17) is 10.8 Å². The summed E-state index contributed by atoms with van der Waals surface area (Å²) in [6, 6.07) is 10.4. The molecule has 2 aromatic rings. The smallest absolute Gasteiger partial charge is 0.327 e. The first-order valence-corrected chi connectivity index (χ1v) is 11.0. The third kappa shape index (κ3) is 9.20. The van der Waals surface area contributed by atoms with Crippen LogP contribution in [0.4, 0.5) is 0 Å². The van der Waals surface area contributed by atoms with Gasteiger partial charge in [-0.05, 0) is 82.2 Å². The van der Waals surface area contributed by atoms with Gasteiger partial charge in [-0.2, -0.15) is 0 Å². The van der Waals surface area contributed by atoms with Crippen LogP contribution < -0.4 is 5.73 Å². The maximum Gasteiger partial charge on any atom is 0.327 e. The third-order valence-corrected chi connectivity index (χ3v) is 5.57. The van der Waals surface area contributed by atoms with E-state index < -0.39 is 11.5 Å². The number of carboxylic acids is 1. The molecule has 6 heteroatoms. The van der Waals surface area contributed by atoms with Crippen LogP contribution in [0, 0.1) is 13.8 Å². The lowest BCUT2D eigenvalue weighted by Crippen LogP contribution is -2.40. The lowest BCUT2D eigenvalue weighted by Gasteiger charge is -2.21. The van der Waals surface area contributed by atoms with Gasteiger partial charge in [0, 0.05) is 30.8 Å². The number of allylic oxidation sites excluding steroid dienone is 1. The number of aromatic nitrogens is 1. The summed E-state index contributed by atoms with van der Waals surface area (Å²) >= 11 is 0. The molecule has 6 nitrogen and oxygen atoms in total. The van der Waals surface area contributed by atoms with Gasteiger partial charge in [0.1, 0.15) is 0 Å². The van der Waals surface area contributed by atoms with E-state index in [0.29, 0.717) is 12.8 Å². The molecule has 1 aromatic heterocycles. The Balaban J connectivity index is 0.000000751. The summed E-state index contributed by atoms with van der Waals surface area (Å²) in [5.74, 6) is -0.710. The van der Waals surface area contributed by atoms with E-state index in [-0.39, 0.29) is 12.4 Å². The second kappa shape index (κ2) is 13.0. The predicted molar refractivity (Wildman–Crippen MR) is 129 cm³/mol. The fraction of sp³-hybridized carbons (Fsp3) is 0.462. The zero-order chi connectivity index (χ0) is 24.3. The minimum Gasteiger partial charge on any atom is -0.478 e. The number of nitrogens with zero attached hydrogens (tertiary/aromatic N) is 1. The molecule has 0 bridgehead atoms. The van der Waals surface area contributed by atoms with Gasteiger partial charge in [0.2, 0.25) is 0 Å². The van der Waals surface area contributed by atoms with Gasteiger partial charge in [0.15, 0.2) is 5.78 Å². The van der Waals surface area contributed by atoms with Crippen molar-refractivity contribution in [2.45, 2.75) is 65.3 Å². The Hall–Kier alpha value is -2.70. The molecule has 0 amide bonds. The zero-order valence-electron chi connectivity index (χ0n) is 20.0. The number of nitrogens with two attached hydrogens (primary N) is 1. The molecule has 0 aliphatic heterocycles. The molecule has 0 unspecified atom stereocenters. The van der Waals surface area contributed by atoms with Crippen LogP contribution in [0.15, 0.2) is 42.5 Å². The van der Waals surface area contributed by atoms with Crippen LogP contribution in [-0.4, -0.2) is 38.7 Å². The molecule has 1 aromatic carbocycles. The number of carbonyl (C=O) groups excluding carboxylic acids is 1. The highest BCUT2D eigenvalue weighted by atomic mass is 16.4. The molecule has 32 heavy (non-hydrogen) atoms. The number of benzene rings is 1. The van der Waals surface area contributed by atoms with Crippen molar-refractivity contribution in [3.8, 4) is 0 Å². The first kappa shape index (κ1) is 27.3. The van der Waals surface area contributed by atoms with Crippen LogP contribution in [0.1, 0.15) is 66.0 Å². The Labute approximate surface area is 191 Å². The van der Waals surface area contributed by atoms with Crippen LogP contribution in [0.25, 0.3) is 0 Å². The highest BCUT2D eigenvalue weighted by molar-refractivity contribution is 5.94. The Morgan fingerprint density at radius 1 is 1.12 bits per heavy atom. The molecule has 0 aliphatic rings. The summed E-state index contributed by atoms with van der Waals surface area (Å²) < 4.78 is 1.96. The van der Waals surface area contributed by atoms with E-state index in [1.165, 1.54) is 22.8 Å². The van der Waals surface area contributed by atoms with Gasteiger partial charge in [-0.25, -0.2) is 4.79 Å². The lowest BCUT2D eigenvalue weighted by atomic mass is 9.97. The fourth-order valence-corrected chi connectivity index (χ4v) is 3.26. The van der Waals surface area contributed by atoms with Crippen molar-refractivity contribution in [2.24, 2.45) is 12.8 Å². The average Bonchev–Trinajstić information content (AvgIpc) is 3.10. The summed E-state index contributed by atoms with van der Waals surface area (Å²) in [6.45, 7) is 7.70. The topological polar surface area (TPSA) is 106 Å². The number of aliphatic hydroxyl groups excluding tert-OH is 1. The second-order valence-corrected chi connectivity index (χ2v) is 8.61. The van der Waals surface area contributed by atoms with Gasteiger partial charge in [-0.3, -0.25) is 4.79 Å². The molecule has 0 spiro atoms. The molecule has 176 valence electrons. The molecular weight excluding hydrogens is 404 g/mol. The van der Waals surface area contributed by atoms with E-state index in [1.807, 2.05) is 30.7 Å². The molecule has 0 radical (unpaired) electrons. The molecule has 4 N–H and O–H groups in total. The number of Topliss-reactive ketones (excluding diaryl/α,β-unsaturated/α-hetero) is 1. The number of carbonyl (C=O) groups is 2. The van der Waals surface area contributed by atoms with Crippen molar-refractivity contribution < 1.29 is 19.8 Å². The van der Waals surface area contributed by atoms with Crippen molar-refractivity contribution in [2.75, 3.05) is 6.61 Å². The SMILES string of the molecule is C/C=C/C(=O)O.Cc1ccc(CCCC(=O)c2ccc(CC[C@@](C)(N)CO)n2C)cc1C. The van der Waals surface area contributed by atoms with E-state index in [2.05, 4.69) is 32.0 Å². The van der Waals surface area contributed by atoms with E-state index in [0.717, 1.165) is 36.7 Å². The van der Waals surface area contributed by atoms with Crippen molar-refractivity contribution in [3.63, 3.8) is 0 Å². The Bertz CT molecular complexity index is 926. The van der Waals surface area contributed by atoms with Crippen LogP contribution in [0.5, 0.6) is 0 Å². The maximum absolute atomic E-state index is 12.6. The molecule has 2 rings (SSSR count). The second-order valence-electron chi connectivity index (χ2n) is 8.61. The van der Waals surface area contributed by atoms with Crippen LogP contribution >= 0.6 is 0 Å². The quantitative estimate of drug-likeness (QED) is 0.379. The minimum atomic E-state index is -0.891. The number of aliphatic carboxylic acids is 1. The molecule has 0 saturated heterocycles. The number of aliphatic hydroxyl groups is 1. The first-order chi connectivity index (χ1) is 15.0. The van der Waals surface area contributed by atoms with Gasteiger partial charge in [-0.1, -0.05) is 24.3 Å². The van der Waals surface area contributed by atoms with Gasteiger partial charge >= 0.3 is 5.97 Å². The number of aryl methyl sites for hydroxylation is 4. The van der Waals surface area contributed by atoms with Crippen LogP contribution in [-0.2, 0) is 24.7 Å². The maximum atomic E-state index is 12.6. The van der Waals surface area contributed by atoms with Crippen molar-refractivity contribution in [1.82, 2.24) is 4.57 Å². The molecular formula is C26H38N2O4. The van der Waals surface area contributed by atoms with Crippen LogP contribution in [0.2, 0.25) is 0 Å². The van der Waals surface area contributed by atoms with Gasteiger partial charge in [-0.15, -0.1) is 0 Å². The summed E-state index contributed by atoms with van der Waals surface area (Å²) in [5, 5.41) is 17.1. The average molecular weight is 443 g/mol. The molecule has 0 fully saturated rings. The minimum absolute atomic E-state index is 0.0400. The van der Waals surface area contributed by atoms with Gasteiger partial charge in [0.05, 0.1) is 12.3 Å². The molecule has 1 atom stereocenters. The number of rotatable bonds is 10. The first-order valence-electron chi connectivity index (χ1n) is 11.0. The van der Waals surface area contributed by atoms with Crippen molar-refractivity contribution in [3.05, 3.63) is 70.6 Å². The molecule has 0 saturated carbocycles. The molecule has 0 aliphatic carbocycles. The summed E-state index contributed by atoms with van der Waals surface area (Å²) in [5.41, 5.74) is 11.1. The fourth-order valence-electron chi connectivity index (χ4n) is 3.26. The highest BCUT2D eigenvalue weighted by Gasteiger charge is 2.19. The number of hydrogen-bond donors (Lipinski definition) is 3. The monoisotopic (exact) mass is 442 g/mol. The predicted octanol–water partition coefficient (Wildman–Crippen LogP) is 4.14. The normalized spacial score (nSPS) is 12.8. The number of carboxylic acid groups (broad SMARTS) is 1. The number of hydrogen-bond acceptors (Lipinski definition) is 4. The van der Waals surface area contributed by atoms with Crippen molar-refractivity contribution >= 4 is 11.8 Å². The van der Waals surface area contributed by atoms with Crippen LogP contribution in [0.3, 0.4) is 0 Å². The Kier molecular flexibility index (Phi) is 11.1. The van der Waals surface area contributed by atoms with E-state index in [9.17, 15) is 14.7 Å². The summed E-state index contributed by atoms with van der Waals surface area (Å²) in [7, 11) is 1.93. The zero-order valence-corrected chi connectivity index (χ0v) is 20.0. The largest absolute Gasteiger partial charge is 0.478 e. The van der Waals surface area contributed by atoms with E-state index >= 15 is 0 Å². The standard InChI is InChI=1S/C22H32N2O2.C4H6O2/c1-16-8-9-18(14-17(16)2)6-5-7-21(26)20-11-10-19(24(20)4)12-13-22(3,23)15-25;1-2-3-4(5)6/h8-11,14,25H,5-7,12-13,15,23H2,1-4H3;2-3H,1H3,(H,5,6)/b;3-2+/t22-;/m1./s1. The van der Waals surface area contributed by atoms with E-state index in [1.54, 1.807) is 6.92 Å².